The van der Waals surface area contributed by atoms with Crippen LogP contribution in [0.3, 0.4) is 0 Å². The standard InChI is InChI=1S/C49H33N3S/c1-48(2)37-21-9-11-23-39(37)49(40-24-12-10-22-38(40)48)36-20-8-6-18-34(36)44-35(19-14-25-41(44)49)47-51-45(30-15-4-3-5-16-30)50-46(52-47)31-27-28-33-32-17-7-13-26-42(32)53-43(33)29-31/h3-29H,1-2H3. The predicted molar refractivity (Wildman–Crippen MR) is 218 cm³/mol. The highest BCUT2D eigenvalue weighted by atomic mass is 32.1. The third kappa shape index (κ3) is 4.18. The molecule has 0 fully saturated rings. The Bertz CT molecular complexity index is 2890. The van der Waals surface area contributed by atoms with Crippen LogP contribution >= 0.6 is 11.3 Å². The molecule has 0 atom stereocenters. The molecule has 2 aliphatic carbocycles. The molecule has 2 aliphatic rings. The minimum absolute atomic E-state index is 0.156. The lowest BCUT2D eigenvalue weighted by molar-refractivity contribution is 0.563. The van der Waals surface area contributed by atoms with Crippen LogP contribution in [0.5, 0.6) is 0 Å². The van der Waals surface area contributed by atoms with E-state index in [0.29, 0.717) is 17.5 Å². The highest BCUT2D eigenvalue weighted by Crippen LogP contribution is 2.63. The summed E-state index contributed by atoms with van der Waals surface area (Å²) in [5.41, 5.74) is 12.7. The molecule has 3 nitrogen and oxygen atoms in total. The average molecular weight is 696 g/mol. The van der Waals surface area contributed by atoms with Crippen LogP contribution in [0.15, 0.2) is 164 Å². The quantitative estimate of drug-likeness (QED) is 0.185. The molecule has 0 saturated heterocycles. The van der Waals surface area contributed by atoms with Gasteiger partial charge in [0.2, 0.25) is 0 Å². The summed E-state index contributed by atoms with van der Waals surface area (Å²) in [5.74, 6) is 2.00. The van der Waals surface area contributed by atoms with Crippen molar-refractivity contribution in [3.63, 3.8) is 0 Å². The number of nitrogens with zero attached hydrogens (tertiary/aromatic N) is 3. The van der Waals surface area contributed by atoms with E-state index >= 15 is 0 Å². The third-order valence-electron chi connectivity index (χ3n) is 11.6. The molecule has 1 spiro atoms. The molecular formula is C49H33N3S. The molecule has 2 heterocycles. The number of aromatic nitrogens is 3. The maximum absolute atomic E-state index is 5.34. The van der Waals surface area contributed by atoms with Crippen molar-refractivity contribution < 1.29 is 0 Å². The van der Waals surface area contributed by atoms with Crippen LogP contribution in [-0.4, -0.2) is 15.0 Å². The zero-order valence-electron chi connectivity index (χ0n) is 29.3. The van der Waals surface area contributed by atoms with Crippen molar-refractivity contribution in [1.82, 2.24) is 15.0 Å². The van der Waals surface area contributed by atoms with Crippen molar-refractivity contribution in [2.24, 2.45) is 0 Å². The van der Waals surface area contributed by atoms with Gasteiger partial charge in [-0.25, -0.2) is 15.0 Å². The van der Waals surface area contributed by atoms with E-state index in [9.17, 15) is 0 Å². The van der Waals surface area contributed by atoms with Gasteiger partial charge >= 0.3 is 0 Å². The summed E-state index contributed by atoms with van der Waals surface area (Å²) in [7, 11) is 0. The van der Waals surface area contributed by atoms with Crippen LogP contribution < -0.4 is 0 Å². The molecule has 0 saturated carbocycles. The Morgan fingerprint density at radius 2 is 0.943 bits per heavy atom. The van der Waals surface area contributed by atoms with Crippen molar-refractivity contribution in [3.8, 4) is 45.3 Å². The molecule has 2 aromatic heterocycles. The van der Waals surface area contributed by atoms with Crippen molar-refractivity contribution >= 4 is 31.5 Å². The van der Waals surface area contributed by atoms with Gasteiger partial charge in [-0.2, -0.15) is 0 Å². The lowest BCUT2D eigenvalue weighted by atomic mass is 9.55. The van der Waals surface area contributed by atoms with Gasteiger partial charge in [0.25, 0.3) is 0 Å². The molecule has 9 aromatic rings. The smallest absolute Gasteiger partial charge is 0.164 e. The maximum Gasteiger partial charge on any atom is 0.164 e. The Morgan fingerprint density at radius 3 is 1.70 bits per heavy atom. The number of benzene rings is 7. The predicted octanol–water partition coefficient (Wildman–Crippen LogP) is 12.2. The number of hydrogen-bond acceptors (Lipinski definition) is 4. The molecule has 11 rings (SSSR count). The normalized spacial score (nSPS) is 14.5. The summed E-state index contributed by atoms with van der Waals surface area (Å²) in [4.78, 5) is 15.8. The first-order valence-electron chi connectivity index (χ1n) is 18.2. The number of fused-ring (bicyclic) bond motifs is 12. The van der Waals surface area contributed by atoms with Crippen molar-refractivity contribution in [2.75, 3.05) is 0 Å². The minimum Gasteiger partial charge on any atom is -0.208 e. The lowest BCUT2D eigenvalue weighted by Crippen LogP contribution is -2.40. The average Bonchev–Trinajstić information content (AvgIpc) is 3.74. The topological polar surface area (TPSA) is 38.7 Å². The van der Waals surface area contributed by atoms with Crippen LogP contribution in [0.25, 0.3) is 65.5 Å². The molecule has 53 heavy (non-hydrogen) atoms. The second-order valence-electron chi connectivity index (χ2n) is 14.7. The number of thiophene rings is 1. The van der Waals surface area contributed by atoms with E-state index < -0.39 is 5.41 Å². The van der Waals surface area contributed by atoms with E-state index in [4.69, 9.17) is 15.0 Å². The summed E-state index contributed by atoms with van der Waals surface area (Å²) in [6.45, 7) is 4.73. The first kappa shape index (κ1) is 30.4. The van der Waals surface area contributed by atoms with Gasteiger partial charge < -0.3 is 0 Å². The number of rotatable bonds is 3. The van der Waals surface area contributed by atoms with Crippen molar-refractivity contribution in [1.29, 1.82) is 0 Å². The highest BCUT2D eigenvalue weighted by Gasteiger charge is 2.53. The Labute approximate surface area is 312 Å². The van der Waals surface area contributed by atoms with E-state index in [0.717, 1.165) is 16.7 Å². The number of hydrogen-bond donors (Lipinski definition) is 0. The van der Waals surface area contributed by atoms with Crippen LogP contribution in [0.4, 0.5) is 0 Å². The summed E-state index contributed by atoms with van der Waals surface area (Å²) in [6.07, 6.45) is 0. The highest BCUT2D eigenvalue weighted by molar-refractivity contribution is 7.25. The summed E-state index contributed by atoms with van der Waals surface area (Å²) < 4.78 is 2.50. The van der Waals surface area contributed by atoms with Gasteiger partial charge in [-0.05, 0) is 56.6 Å². The fraction of sp³-hybridized carbons (Fsp3) is 0.0816. The third-order valence-corrected chi connectivity index (χ3v) is 12.8. The molecule has 0 aliphatic heterocycles. The fourth-order valence-corrected chi connectivity index (χ4v) is 10.4. The van der Waals surface area contributed by atoms with E-state index in [-0.39, 0.29) is 5.41 Å². The second-order valence-corrected chi connectivity index (χ2v) is 15.8. The SMILES string of the molecule is CC1(C)c2ccccc2C2(c3ccccc3-c3c(-c4nc(-c5ccccc5)nc(-c5ccc6c(c5)sc5ccccc56)n4)cccc32)c2ccccc21. The second kappa shape index (κ2) is 11.1. The fourth-order valence-electron chi connectivity index (χ4n) is 9.30. The monoisotopic (exact) mass is 695 g/mol. The zero-order valence-corrected chi connectivity index (χ0v) is 30.2. The van der Waals surface area contributed by atoms with Gasteiger partial charge in [0, 0.05) is 42.3 Å². The van der Waals surface area contributed by atoms with Gasteiger partial charge in [0.1, 0.15) is 0 Å². The summed E-state index contributed by atoms with van der Waals surface area (Å²) >= 11 is 1.81. The first-order chi connectivity index (χ1) is 26.0. The minimum atomic E-state index is -0.491. The first-order valence-corrected chi connectivity index (χ1v) is 19.0. The van der Waals surface area contributed by atoms with Crippen LogP contribution in [0, 0.1) is 0 Å². The molecule has 7 aromatic carbocycles. The molecule has 0 radical (unpaired) electrons. The maximum atomic E-state index is 5.34. The van der Waals surface area contributed by atoms with E-state index in [1.807, 2.05) is 29.5 Å². The Hall–Kier alpha value is -6.23. The van der Waals surface area contributed by atoms with Crippen molar-refractivity contribution in [2.45, 2.75) is 24.7 Å². The molecule has 0 bridgehead atoms. The summed E-state index contributed by atoms with van der Waals surface area (Å²) in [6, 6.07) is 59.3. The molecule has 250 valence electrons. The molecule has 4 heteroatoms. The van der Waals surface area contributed by atoms with E-state index in [1.54, 1.807) is 0 Å². The van der Waals surface area contributed by atoms with Crippen LogP contribution in [0.1, 0.15) is 47.2 Å². The Balaban J connectivity index is 1.20. The van der Waals surface area contributed by atoms with E-state index in [2.05, 4.69) is 159 Å². The molecule has 0 N–H and O–H groups in total. The van der Waals surface area contributed by atoms with E-state index in [1.165, 1.54) is 64.7 Å². The van der Waals surface area contributed by atoms with Crippen molar-refractivity contribution in [3.05, 3.63) is 197 Å². The van der Waals surface area contributed by atoms with Gasteiger partial charge in [-0.3, -0.25) is 0 Å². The van der Waals surface area contributed by atoms with Crippen LogP contribution in [0.2, 0.25) is 0 Å². The Kier molecular flexibility index (Phi) is 6.39. The van der Waals surface area contributed by atoms with Gasteiger partial charge in [0.15, 0.2) is 17.5 Å². The summed E-state index contributed by atoms with van der Waals surface area (Å²) in [5, 5.41) is 2.54. The van der Waals surface area contributed by atoms with Gasteiger partial charge in [-0.1, -0.05) is 166 Å². The molecule has 0 unspecified atom stereocenters. The Morgan fingerprint density at radius 1 is 0.396 bits per heavy atom. The van der Waals surface area contributed by atoms with Crippen LogP contribution in [-0.2, 0) is 10.8 Å². The largest absolute Gasteiger partial charge is 0.208 e. The molecule has 0 amide bonds. The molecular weight excluding hydrogens is 663 g/mol. The lowest BCUT2D eigenvalue weighted by Gasteiger charge is -2.46. The van der Waals surface area contributed by atoms with Gasteiger partial charge in [0.05, 0.1) is 5.41 Å². The zero-order chi connectivity index (χ0) is 35.3. The van der Waals surface area contributed by atoms with Gasteiger partial charge in [-0.15, -0.1) is 11.3 Å².